The molecule has 1 amide bonds. The number of amides is 1. The van der Waals surface area contributed by atoms with Gasteiger partial charge in [-0.2, -0.15) is 0 Å². The van der Waals surface area contributed by atoms with Crippen molar-refractivity contribution in [3.05, 3.63) is 59.8 Å². The molecule has 0 unspecified atom stereocenters. The van der Waals surface area contributed by atoms with Gasteiger partial charge in [0.05, 0.1) is 21.3 Å². The Morgan fingerprint density at radius 1 is 1.03 bits per heavy atom. The van der Waals surface area contributed by atoms with E-state index >= 15 is 0 Å². The number of ether oxygens (including phenoxy) is 3. The van der Waals surface area contributed by atoms with Crippen LogP contribution < -0.4 is 19.1 Å². The topological polar surface area (TPSA) is 77.0 Å². The monoisotopic (exact) mass is 490 g/mol. The van der Waals surface area contributed by atoms with Gasteiger partial charge in [0.25, 0.3) is 5.91 Å². The lowest BCUT2D eigenvalue weighted by atomic mass is 9.99. The van der Waals surface area contributed by atoms with Crippen LogP contribution in [0.3, 0.4) is 0 Å². The van der Waals surface area contributed by atoms with Crippen molar-refractivity contribution >= 4 is 11.7 Å². The number of methoxy groups -OCH3 is 3. The van der Waals surface area contributed by atoms with Crippen molar-refractivity contribution in [3.63, 3.8) is 0 Å². The number of anilines is 1. The average molecular weight is 491 g/mol. The molecule has 0 saturated carbocycles. The van der Waals surface area contributed by atoms with E-state index < -0.39 is 0 Å². The van der Waals surface area contributed by atoms with Crippen LogP contribution in [0.25, 0.3) is 11.4 Å². The largest absolute Gasteiger partial charge is 0.493 e. The van der Waals surface area contributed by atoms with Gasteiger partial charge in [0.15, 0.2) is 17.3 Å². The first kappa shape index (κ1) is 25.3. The Bertz CT molecular complexity index is 1170. The Kier molecular flexibility index (Phi) is 7.93. The summed E-state index contributed by atoms with van der Waals surface area (Å²) in [6.07, 6.45) is 3.65. The third kappa shape index (κ3) is 5.37. The van der Waals surface area contributed by atoms with Crippen LogP contribution in [0.15, 0.2) is 48.7 Å². The van der Waals surface area contributed by atoms with Crippen LogP contribution >= 0.6 is 0 Å². The summed E-state index contributed by atoms with van der Waals surface area (Å²) in [5, 5.41) is 0. The number of nitrogens with zero attached hydrogens (tertiary/aromatic N) is 4. The van der Waals surface area contributed by atoms with E-state index in [0.717, 1.165) is 31.5 Å². The maximum absolute atomic E-state index is 13.6. The second-order valence-electron chi connectivity index (χ2n) is 9.16. The van der Waals surface area contributed by atoms with Crippen molar-refractivity contribution in [1.82, 2.24) is 14.9 Å². The number of hydrogen-bond donors (Lipinski definition) is 0. The van der Waals surface area contributed by atoms with Gasteiger partial charge in [-0.1, -0.05) is 37.3 Å². The van der Waals surface area contributed by atoms with E-state index in [9.17, 15) is 4.79 Å². The molecule has 1 aromatic heterocycles. The molecular formula is C28H34N4O4. The Hall–Kier alpha value is -3.81. The molecule has 3 aromatic rings. The summed E-state index contributed by atoms with van der Waals surface area (Å²) in [4.78, 5) is 27.0. The molecule has 1 aliphatic rings. The molecule has 1 saturated heterocycles. The zero-order valence-electron chi connectivity index (χ0n) is 21.7. The number of aromatic nitrogens is 2. The van der Waals surface area contributed by atoms with E-state index in [1.807, 2.05) is 47.2 Å². The number of carbonyl (C=O) groups is 1. The zero-order valence-corrected chi connectivity index (χ0v) is 21.7. The van der Waals surface area contributed by atoms with Crippen LogP contribution in [-0.2, 0) is 6.54 Å². The molecule has 8 heteroatoms. The third-order valence-corrected chi connectivity index (χ3v) is 6.62. The van der Waals surface area contributed by atoms with Gasteiger partial charge in [-0.25, -0.2) is 9.97 Å². The standard InChI is InChI=1S/C28H34N4O4/c1-19-11-13-32(14-12-19)28(33)22-17-29-26(21-15-23(34-3)25(36-5)24(16-21)35-4)30-27(22)31(2)18-20-9-7-6-8-10-20/h6-10,15-17,19H,11-14,18H2,1-5H3. The molecule has 1 fully saturated rings. The Labute approximate surface area is 212 Å². The maximum atomic E-state index is 13.6. The highest BCUT2D eigenvalue weighted by Crippen LogP contribution is 2.41. The van der Waals surface area contributed by atoms with Crippen LogP contribution in [0, 0.1) is 5.92 Å². The highest BCUT2D eigenvalue weighted by atomic mass is 16.5. The van der Waals surface area contributed by atoms with Crippen molar-refractivity contribution in [2.75, 3.05) is 46.4 Å². The van der Waals surface area contributed by atoms with Gasteiger partial charge >= 0.3 is 0 Å². The quantitative estimate of drug-likeness (QED) is 0.454. The molecule has 0 aliphatic carbocycles. The normalized spacial score (nSPS) is 13.9. The summed E-state index contributed by atoms with van der Waals surface area (Å²) in [5.41, 5.74) is 2.32. The summed E-state index contributed by atoms with van der Waals surface area (Å²) in [6, 6.07) is 13.7. The van der Waals surface area contributed by atoms with E-state index in [4.69, 9.17) is 19.2 Å². The van der Waals surface area contributed by atoms with Gasteiger partial charge in [-0.05, 0) is 36.5 Å². The summed E-state index contributed by atoms with van der Waals surface area (Å²) in [6.45, 7) is 4.33. The molecule has 0 N–H and O–H groups in total. The van der Waals surface area contributed by atoms with Gasteiger partial charge in [-0.15, -0.1) is 0 Å². The SMILES string of the molecule is COc1cc(-c2ncc(C(=O)N3CCC(C)CC3)c(N(C)Cc3ccccc3)n2)cc(OC)c1OC. The summed E-state index contributed by atoms with van der Waals surface area (Å²) in [5.74, 6) is 3.17. The van der Waals surface area contributed by atoms with Crippen LogP contribution in [0.4, 0.5) is 5.82 Å². The zero-order chi connectivity index (χ0) is 25.7. The van der Waals surface area contributed by atoms with Gasteiger partial charge in [0.1, 0.15) is 11.4 Å². The molecule has 8 nitrogen and oxygen atoms in total. The number of benzene rings is 2. The van der Waals surface area contributed by atoms with Gasteiger partial charge in [0.2, 0.25) is 5.75 Å². The number of rotatable bonds is 8. The molecule has 36 heavy (non-hydrogen) atoms. The van der Waals surface area contributed by atoms with Crippen LogP contribution in [0.5, 0.6) is 17.2 Å². The van der Waals surface area contributed by atoms with E-state index in [2.05, 4.69) is 24.0 Å². The van der Waals surface area contributed by atoms with E-state index in [1.165, 1.54) is 0 Å². The van der Waals surface area contributed by atoms with Crippen molar-refractivity contribution in [2.45, 2.75) is 26.3 Å². The Balaban J connectivity index is 1.76. The minimum absolute atomic E-state index is 0.0340. The minimum Gasteiger partial charge on any atom is -0.493 e. The van der Waals surface area contributed by atoms with Gasteiger partial charge in [-0.3, -0.25) is 4.79 Å². The lowest BCUT2D eigenvalue weighted by Crippen LogP contribution is -2.38. The molecule has 4 rings (SSSR count). The van der Waals surface area contributed by atoms with Crippen molar-refractivity contribution in [3.8, 4) is 28.6 Å². The first-order chi connectivity index (χ1) is 17.4. The number of carbonyl (C=O) groups excluding carboxylic acids is 1. The molecule has 2 heterocycles. The molecule has 0 bridgehead atoms. The average Bonchev–Trinajstić information content (AvgIpc) is 2.92. The van der Waals surface area contributed by atoms with Crippen molar-refractivity contribution in [2.24, 2.45) is 5.92 Å². The van der Waals surface area contributed by atoms with Crippen LogP contribution in [-0.4, -0.2) is 62.2 Å². The second kappa shape index (κ2) is 11.3. The molecule has 0 spiro atoms. The first-order valence-corrected chi connectivity index (χ1v) is 12.2. The highest BCUT2D eigenvalue weighted by molar-refractivity contribution is 5.99. The fourth-order valence-corrected chi connectivity index (χ4v) is 4.48. The lowest BCUT2D eigenvalue weighted by molar-refractivity contribution is 0.0697. The first-order valence-electron chi connectivity index (χ1n) is 12.2. The van der Waals surface area contributed by atoms with E-state index in [1.54, 1.807) is 27.5 Å². The molecule has 190 valence electrons. The van der Waals surface area contributed by atoms with E-state index in [0.29, 0.717) is 52.5 Å². The molecule has 1 aliphatic heterocycles. The van der Waals surface area contributed by atoms with Gasteiger partial charge in [0, 0.05) is 38.4 Å². The van der Waals surface area contributed by atoms with Crippen molar-refractivity contribution < 1.29 is 19.0 Å². The predicted molar refractivity (Wildman–Crippen MR) is 140 cm³/mol. The summed E-state index contributed by atoms with van der Waals surface area (Å²) < 4.78 is 16.5. The van der Waals surface area contributed by atoms with Crippen LogP contribution in [0.2, 0.25) is 0 Å². The molecule has 0 atom stereocenters. The second-order valence-corrected chi connectivity index (χ2v) is 9.16. The lowest BCUT2D eigenvalue weighted by Gasteiger charge is -2.31. The highest BCUT2D eigenvalue weighted by Gasteiger charge is 2.26. The molecular weight excluding hydrogens is 456 g/mol. The van der Waals surface area contributed by atoms with Gasteiger partial charge < -0.3 is 24.0 Å². The van der Waals surface area contributed by atoms with Crippen molar-refractivity contribution in [1.29, 1.82) is 0 Å². The fraction of sp³-hybridized carbons (Fsp3) is 0.393. The maximum Gasteiger partial charge on any atom is 0.259 e. The summed E-state index contributed by atoms with van der Waals surface area (Å²) in [7, 11) is 6.66. The predicted octanol–water partition coefficient (Wildman–Crippen LogP) is 4.68. The Morgan fingerprint density at radius 2 is 1.67 bits per heavy atom. The van der Waals surface area contributed by atoms with E-state index in [-0.39, 0.29) is 5.91 Å². The summed E-state index contributed by atoms with van der Waals surface area (Å²) >= 11 is 0. The Morgan fingerprint density at radius 3 is 2.25 bits per heavy atom. The molecule has 0 radical (unpaired) electrons. The minimum atomic E-state index is -0.0340. The fourth-order valence-electron chi connectivity index (χ4n) is 4.48. The number of likely N-dealkylation sites (tertiary alicyclic amines) is 1. The van der Waals surface area contributed by atoms with Crippen LogP contribution in [0.1, 0.15) is 35.7 Å². The number of piperidine rings is 1. The smallest absolute Gasteiger partial charge is 0.259 e. The molecule has 2 aromatic carbocycles. The number of hydrogen-bond acceptors (Lipinski definition) is 7. The third-order valence-electron chi connectivity index (χ3n) is 6.62.